The van der Waals surface area contributed by atoms with Gasteiger partial charge in [-0.3, -0.25) is 4.79 Å². The van der Waals surface area contributed by atoms with Crippen LogP contribution in [0.5, 0.6) is 28.7 Å². The summed E-state index contributed by atoms with van der Waals surface area (Å²) in [6.07, 6.45) is 7.71. The van der Waals surface area contributed by atoms with Crippen LogP contribution in [0, 0.1) is 10.8 Å². The number of aliphatic carboxylic acids is 1. The number of aryl methyl sites for hydroxylation is 1. The van der Waals surface area contributed by atoms with Gasteiger partial charge in [-0.2, -0.15) is 0 Å². The number of methoxy groups -OCH3 is 2. The van der Waals surface area contributed by atoms with Crippen LogP contribution in [0.2, 0.25) is 0 Å². The molecular formula is C40H53N3O9. The zero-order valence-corrected chi connectivity index (χ0v) is 30.3. The molecule has 3 aliphatic rings. The molecule has 1 saturated carbocycles. The van der Waals surface area contributed by atoms with E-state index in [1.807, 2.05) is 18.2 Å². The van der Waals surface area contributed by atoms with Crippen LogP contribution in [0.3, 0.4) is 0 Å². The van der Waals surface area contributed by atoms with Gasteiger partial charge in [0.2, 0.25) is 5.75 Å². The number of aliphatic hydroxyl groups excluding tert-OH is 1. The molecule has 0 unspecified atom stereocenters. The number of carbonyl (C=O) groups is 1. The summed E-state index contributed by atoms with van der Waals surface area (Å²) in [7, 11) is 2.98. The Kier molecular flexibility index (Phi) is 11.4. The number of phenolic OH excluding ortho intramolecular Hbond substituents is 2. The van der Waals surface area contributed by atoms with Crippen molar-refractivity contribution >= 4 is 11.8 Å². The lowest BCUT2D eigenvalue weighted by Gasteiger charge is -2.58. The maximum Gasteiger partial charge on any atom is 0.304 e. The lowest BCUT2D eigenvalue weighted by atomic mass is 9.51. The molecule has 0 bridgehead atoms. The van der Waals surface area contributed by atoms with Gasteiger partial charge in [0.1, 0.15) is 12.4 Å². The first-order valence-electron chi connectivity index (χ1n) is 18.4. The number of hydrogen-bond acceptors (Lipinski definition) is 11. The van der Waals surface area contributed by atoms with Crippen molar-refractivity contribution in [1.29, 1.82) is 0 Å². The van der Waals surface area contributed by atoms with Crippen LogP contribution in [-0.4, -0.2) is 76.5 Å². The maximum atomic E-state index is 12.7. The smallest absolute Gasteiger partial charge is 0.304 e. The first-order valence-corrected chi connectivity index (χ1v) is 18.4. The number of hydrogen-bond donors (Lipinski definition) is 6. The van der Waals surface area contributed by atoms with Gasteiger partial charge in [-0.15, -0.1) is 0 Å². The summed E-state index contributed by atoms with van der Waals surface area (Å²) in [5.74, 6) is 0.253. The van der Waals surface area contributed by atoms with Gasteiger partial charge in [0, 0.05) is 30.1 Å². The molecule has 12 heteroatoms. The van der Waals surface area contributed by atoms with Gasteiger partial charge in [0.25, 0.3) is 0 Å². The predicted octanol–water partition coefficient (Wildman–Crippen LogP) is 5.70. The molecule has 52 heavy (non-hydrogen) atoms. The van der Waals surface area contributed by atoms with Gasteiger partial charge in [-0.1, -0.05) is 18.9 Å². The second kappa shape index (κ2) is 15.8. The van der Waals surface area contributed by atoms with Crippen LogP contribution in [-0.2, 0) is 22.4 Å². The van der Waals surface area contributed by atoms with E-state index < -0.39 is 23.6 Å². The molecule has 7 N–H and O–H groups in total. The maximum absolute atomic E-state index is 12.7. The molecule has 1 aliphatic carbocycles. The Labute approximate surface area is 305 Å². The number of benzene rings is 2. The minimum absolute atomic E-state index is 0.0512. The summed E-state index contributed by atoms with van der Waals surface area (Å²) >= 11 is 0. The number of ether oxygens (including phenoxy) is 4. The Balaban J connectivity index is 1.26. The number of piperidine rings is 1. The summed E-state index contributed by atoms with van der Waals surface area (Å²) in [5, 5.41) is 46.4. The van der Waals surface area contributed by atoms with Crippen LogP contribution >= 0.6 is 0 Å². The van der Waals surface area contributed by atoms with Gasteiger partial charge < -0.3 is 50.4 Å². The molecule has 0 amide bonds. The van der Waals surface area contributed by atoms with E-state index in [-0.39, 0.29) is 59.6 Å². The van der Waals surface area contributed by atoms with Crippen molar-refractivity contribution in [3.05, 3.63) is 65.4 Å². The third kappa shape index (κ3) is 7.89. The molecule has 6 rings (SSSR count). The number of nitrogens with one attached hydrogen (secondary N) is 1. The Morgan fingerprint density at radius 3 is 2.48 bits per heavy atom. The van der Waals surface area contributed by atoms with E-state index in [1.165, 1.54) is 14.2 Å². The minimum Gasteiger partial charge on any atom is -0.504 e. The fourth-order valence-corrected chi connectivity index (χ4v) is 9.43. The van der Waals surface area contributed by atoms with Crippen LogP contribution in [0.15, 0.2) is 48.7 Å². The first-order chi connectivity index (χ1) is 24.9. The molecule has 12 nitrogen and oxygen atoms in total. The van der Waals surface area contributed by atoms with Crippen molar-refractivity contribution in [2.75, 3.05) is 26.6 Å². The molecule has 2 aromatic carbocycles. The standard InChI is InChI=1S/C40H53N3O9/c1-24-20-39(11-4-5-12-39)40(22-37(46)47,21-26-10-13-42-36(41)15-26)35(43-24)23-51-34-17-27(16-33(50-3)38(34)48)31-19-28(44)18-29(52-31)8-6-25-7-9-30(45)32(14-25)49-2/h7,9-10,13-17,24,28-29,31,35,43-45,48H,4-6,8,11-12,18-23H2,1-3H3,(H2,41,42)(H,46,47)/t24-,28-,29-,31-,35+,40+/m0/s1. The van der Waals surface area contributed by atoms with E-state index in [1.54, 1.807) is 30.5 Å². The molecule has 1 spiro atoms. The van der Waals surface area contributed by atoms with E-state index in [4.69, 9.17) is 24.7 Å². The van der Waals surface area contributed by atoms with Crippen molar-refractivity contribution in [3.63, 3.8) is 0 Å². The van der Waals surface area contributed by atoms with Gasteiger partial charge in [0.15, 0.2) is 23.0 Å². The molecule has 3 fully saturated rings. The SMILES string of the molecule is COc1cc(CC[C@H]2C[C@H](O)C[C@@H](c3cc(OC)c(O)c(OC[C@H]4N[C@@H](C)CC5(CCCC5)[C@@]4(CC(=O)O)Cc4ccnc(N)c4)c3)O2)ccc1O. The van der Waals surface area contributed by atoms with Gasteiger partial charge in [0.05, 0.1) is 39.0 Å². The lowest BCUT2D eigenvalue weighted by molar-refractivity contribution is -0.148. The zero-order valence-electron chi connectivity index (χ0n) is 30.3. The summed E-state index contributed by atoms with van der Waals surface area (Å²) in [6.45, 7) is 2.25. The van der Waals surface area contributed by atoms with Crippen molar-refractivity contribution in [2.45, 2.75) is 108 Å². The number of rotatable bonds is 13. The van der Waals surface area contributed by atoms with Crippen molar-refractivity contribution in [2.24, 2.45) is 10.8 Å². The zero-order chi connectivity index (χ0) is 37.0. The number of nitrogen functional groups attached to an aromatic ring is 1. The highest BCUT2D eigenvalue weighted by Crippen LogP contribution is 2.61. The second-order valence-corrected chi connectivity index (χ2v) is 15.1. The van der Waals surface area contributed by atoms with E-state index in [9.17, 15) is 25.2 Å². The van der Waals surface area contributed by atoms with Crippen molar-refractivity contribution < 1.29 is 44.2 Å². The molecule has 3 heterocycles. The van der Waals surface area contributed by atoms with Gasteiger partial charge in [-0.05, 0) is 110 Å². The van der Waals surface area contributed by atoms with E-state index >= 15 is 0 Å². The third-order valence-electron chi connectivity index (χ3n) is 11.7. The number of anilines is 1. The van der Waals surface area contributed by atoms with E-state index in [0.717, 1.165) is 43.2 Å². The summed E-state index contributed by atoms with van der Waals surface area (Å²) in [5.41, 5.74) is 7.76. The van der Waals surface area contributed by atoms with E-state index in [2.05, 4.69) is 17.2 Å². The second-order valence-electron chi connectivity index (χ2n) is 15.1. The minimum atomic E-state index is -0.867. The monoisotopic (exact) mass is 719 g/mol. The van der Waals surface area contributed by atoms with Crippen molar-refractivity contribution in [1.82, 2.24) is 10.3 Å². The van der Waals surface area contributed by atoms with Crippen molar-refractivity contribution in [3.8, 4) is 28.7 Å². The quantitative estimate of drug-likeness (QED) is 0.127. The van der Waals surface area contributed by atoms with Crippen LogP contribution in [0.25, 0.3) is 0 Å². The van der Waals surface area contributed by atoms with Crippen LogP contribution < -0.4 is 25.3 Å². The number of nitrogens with two attached hydrogens (primary N) is 1. The lowest BCUT2D eigenvalue weighted by Crippen LogP contribution is -2.65. The normalized spacial score (nSPS) is 27.0. The highest BCUT2D eigenvalue weighted by atomic mass is 16.5. The van der Waals surface area contributed by atoms with Crippen LogP contribution in [0.1, 0.15) is 87.5 Å². The molecule has 1 aromatic heterocycles. The molecular weight excluding hydrogens is 666 g/mol. The number of pyridine rings is 1. The third-order valence-corrected chi connectivity index (χ3v) is 11.7. The van der Waals surface area contributed by atoms with E-state index in [0.29, 0.717) is 49.2 Å². The number of aromatic hydroxyl groups is 2. The Morgan fingerprint density at radius 1 is 1.02 bits per heavy atom. The fourth-order valence-electron chi connectivity index (χ4n) is 9.43. The summed E-state index contributed by atoms with van der Waals surface area (Å²) in [6, 6.07) is 12.2. The Hall–Kier alpha value is -4.26. The first kappa shape index (κ1) is 37.5. The summed E-state index contributed by atoms with van der Waals surface area (Å²) < 4.78 is 23.9. The predicted molar refractivity (Wildman–Crippen MR) is 195 cm³/mol. The largest absolute Gasteiger partial charge is 0.504 e. The molecule has 0 radical (unpaired) electrons. The van der Waals surface area contributed by atoms with Gasteiger partial charge >= 0.3 is 5.97 Å². The Morgan fingerprint density at radius 2 is 1.77 bits per heavy atom. The number of carboxylic acids is 1. The highest BCUT2D eigenvalue weighted by molar-refractivity contribution is 5.68. The Bertz CT molecular complexity index is 1710. The molecule has 2 saturated heterocycles. The number of aliphatic hydroxyl groups is 1. The topological polar surface area (TPSA) is 186 Å². The molecule has 3 aromatic rings. The van der Waals surface area contributed by atoms with Crippen LogP contribution in [0.4, 0.5) is 5.82 Å². The number of nitrogens with zero attached hydrogens (tertiary/aromatic N) is 1. The summed E-state index contributed by atoms with van der Waals surface area (Å²) in [4.78, 5) is 16.9. The average molecular weight is 720 g/mol. The molecule has 2 aliphatic heterocycles. The molecule has 6 atom stereocenters. The van der Waals surface area contributed by atoms with Gasteiger partial charge in [-0.25, -0.2) is 4.98 Å². The average Bonchev–Trinajstić information content (AvgIpc) is 3.58. The number of phenols is 2. The fraction of sp³-hybridized carbons (Fsp3) is 0.550. The number of carboxylic acid groups (broad SMARTS) is 1. The molecule has 282 valence electrons. The highest BCUT2D eigenvalue weighted by Gasteiger charge is 2.60. The number of aromatic nitrogens is 1.